The summed E-state index contributed by atoms with van der Waals surface area (Å²) in [4.78, 5) is 1.80. The van der Waals surface area contributed by atoms with E-state index in [0.717, 1.165) is 0 Å². The number of nitrogens with zero attached hydrogens (tertiary/aromatic N) is 1. The first-order valence-corrected chi connectivity index (χ1v) is 8.59. The van der Waals surface area contributed by atoms with E-state index in [2.05, 4.69) is 37.2 Å². The molecule has 4 nitrogen and oxygen atoms in total. The van der Waals surface area contributed by atoms with Gasteiger partial charge in [-0.3, -0.25) is 4.90 Å². The van der Waals surface area contributed by atoms with Gasteiger partial charge >= 0.3 is 6.18 Å². The van der Waals surface area contributed by atoms with Crippen molar-refractivity contribution in [2.24, 2.45) is 0 Å². The van der Waals surface area contributed by atoms with Crippen molar-refractivity contribution in [3.8, 4) is 11.5 Å². The van der Waals surface area contributed by atoms with E-state index in [4.69, 9.17) is 4.74 Å². The van der Waals surface area contributed by atoms with Gasteiger partial charge in [-0.05, 0) is 43.5 Å². The van der Waals surface area contributed by atoms with E-state index in [9.17, 15) is 18.3 Å². The second-order valence-corrected chi connectivity index (χ2v) is 6.85. The Hall–Kier alpha value is 0.0700. The molecule has 1 aliphatic rings. The smallest absolute Gasteiger partial charge is 0.390 e. The lowest BCUT2D eigenvalue weighted by atomic mass is 10.00. The standard InChI is InChI=1S/C14H17Br2F3N2O2.2ClH/c1-23-10-6-8(11(15)12(16)13(10)22)9(7-14(17,18)19)21-4-2-20-3-5-21;;/h6,9,20,22H,2-5,7H2,1H3;2*1H/t9-;;/m1../s1. The van der Waals surface area contributed by atoms with Crippen molar-refractivity contribution in [3.05, 3.63) is 20.6 Å². The fourth-order valence-corrected chi connectivity index (χ4v) is 3.65. The molecule has 2 rings (SSSR count). The zero-order chi connectivity index (χ0) is 17.2. The summed E-state index contributed by atoms with van der Waals surface area (Å²) in [7, 11) is 1.36. The molecule has 0 aliphatic carbocycles. The molecule has 2 N–H and O–H groups in total. The molecule has 0 radical (unpaired) electrons. The Labute approximate surface area is 173 Å². The predicted molar refractivity (Wildman–Crippen MR) is 102 cm³/mol. The number of piperazine rings is 1. The summed E-state index contributed by atoms with van der Waals surface area (Å²) in [6.07, 6.45) is -5.27. The van der Waals surface area contributed by atoms with Crippen LogP contribution in [0.5, 0.6) is 11.5 Å². The molecule has 1 saturated heterocycles. The first-order valence-electron chi connectivity index (χ1n) is 7.01. The SMILES string of the molecule is COc1cc([C@@H](CC(F)(F)F)N2CCNCC2)c(Br)c(Br)c1O.Cl.Cl. The average Bonchev–Trinajstić information content (AvgIpc) is 2.51. The number of nitrogens with one attached hydrogen (secondary N) is 1. The number of hydrogen-bond acceptors (Lipinski definition) is 4. The molecule has 1 fully saturated rings. The van der Waals surface area contributed by atoms with Gasteiger partial charge in [0.1, 0.15) is 0 Å². The lowest BCUT2D eigenvalue weighted by Crippen LogP contribution is -2.46. The molecule has 11 heteroatoms. The molecule has 0 unspecified atom stereocenters. The molecule has 1 aromatic rings. The Kier molecular flexibility index (Phi) is 10.4. The molecular weight excluding hydrogens is 516 g/mol. The summed E-state index contributed by atoms with van der Waals surface area (Å²) in [5.41, 5.74) is 0.436. The van der Waals surface area contributed by atoms with Crippen molar-refractivity contribution >= 4 is 56.7 Å². The molecule has 0 saturated carbocycles. The van der Waals surface area contributed by atoms with E-state index in [1.807, 2.05) is 0 Å². The largest absolute Gasteiger partial charge is 0.503 e. The van der Waals surface area contributed by atoms with Gasteiger partial charge < -0.3 is 15.2 Å². The number of halogens is 7. The van der Waals surface area contributed by atoms with Gasteiger partial charge in [0.25, 0.3) is 0 Å². The summed E-state index contributed by atoms with van der Waals surface area (Å²) >= 11 is 6.50. The van der Waals surface area contributed by atoms with Crippen LogP contribution in [-0.2, 0) is 0 Å². The summed E-state index contributed by atoms with van der Waals surface area (Å²) in [6, 6.07) is 0.611. The maximum absolute atomic E-state index is 13.1. The zero-order valence-corrected chi connectivity index (χ0v) is 18.0. The number of benzene rings is 1. The summed E-state index contributed by atoms with van der Waals surface area (Å²) < 4.78 is 45.0. The highest BCUT2D eigenvalue weighted by Gasteiger charge is 2.37. The summed E-state index contributed by atoms with van der Waals surface area (Å²) in [5.74, 6) is -0.00780. The highest BCUT2D eigenvalue weighted by atomic mass is 79.9. The number of hydrogen-bond donors (Lipinski definition) is 2. The average molecular weight is 535 g/mol. The number of phenols is 1. The lowest BCUT2D eigenvalue weighted by Gasteiger charge is -2.36. The number of ether oxygens (including phenoxy) is 1. The van der Waals surface area contributed by atoms with Gasteiger partial charge in [-0.1, -0.05) is 0 Å². The van der Waals surface area contributed by atoms with Gasteiger partial charge in [0.2, 0.25) is 0 Å². The van der Waals surface area contributed by atoms with Crippen molar-refractivity contribution in [2.45, 2.75) is 18.6 Å². The van der Waals surface area contributed by atoms with Gasteiger partial charge in [0, 0.05) is 36.7 Å². The van der Waals surface area contributed by atoms with Crippen molar-refractivity contribution in [3.63, 3.8) is 0 Å². The van der Waals surface area contributed by atoms with E-state index >= 15 is 0 Å². The number of rotatable bonds is 4. The highest BCUT2D eigenvalue weighted by molar-refractivity contribution is 9.13. The molecule has 1 aliphatic heterocycles. The van der Waals surface area contributed by atoms with E-state index < -0.39 is 18.6 Å². The molecule has 0 bridgehead atoms. The summed E-state index contributed by atoms with van der Waals surface area (Å²) in [6.45, 7) is 2.33. The molecular formula is C14H19Br2Cl2F3N2O2. The fraction of sp³-hybridized carbons (Fsp3) is 0.571. The van der Waals surface area contributed by atoms with Crippen LogP contribution in [0.15, 0.2) is 15.0 Å². The normalized spacial score (nSPS) is 16.6. The number of phenolic OH excluding ortho intramolecular Hbond substituents is 1. The lowest BCUT2D eigenvalue weighted by molar-refractivity contribution is -0.148. The van der Waals surface area contributed by atoms with Crippen LogP contribution in [0.3, 0.4) is 0 Å². The number of methoxy groups -OCH3 is 1. The van der Waals surface area contributed by atoms with Crippen LogP contribution < -0.4 is 10.1 Å². The molecule has 25 heavy (non-hydrogen) atoms. The molecule has 0 spiro atoms. The minimum absolute atomic E-state index is 0. The molecule has 1 heterocycles. The van der Waals surface area contributed by atoms with Crippen molar-refractivity contribution in [1.29, 1.82) is 0 Å². The number of aromatic hydroxyl groups is 1. The second-order valence-electron chi connectivity index (χ2n) is 5.27. The quantitative estimate of drug-likeness (QED) is 0.589. The van der Waals surface area contributed by atoms with Gasteiger partial charge in [0.05, 0.1) is 18.0 Å². The predicted octanol–water partition coefficient (Wildman–Crippen LogP) is 4.67. The highest BCUT2D eigenvalue weighted by Crippen LogP contribution is 2.46. The molecule has 1 atom stereocenters. The van der Waals surface area contributed by atoms with E-state index in [-0.39, 0.29) is 40.8 Å². The maximum atomic E-state index is 13.1. The molecule has 0 aromatic heterocycles. The first kappa shape index (κ1) is 25.1. The van der Waals surface area contributed by atoms with E-state index in [1.54, 1.807) is 4.90 Å². The third kappa shape index (κ3) is 6.32. The van der Waals surface area contributed by atoms with Crippen LogP contribution in [0.1, 0.15) is 18.0 Å². The molecule has 0 amide bonds. The van der Waals surface area contributed by atoms with Crippen LogP contribution in [0.2, 0.25) is 0 Å². The van der Waals surface area contributed by atoms with Crippen LogP contribution in [-0.4, -0.2) is 49.5 Å². The van der Waals surface area contributed by atoms with Crippen LogP contribution in [0.25, 0.3) is 0 Å². The number of alkyl halides is 3. The van der Waals surface area contributed by atoms with Gasteiger partial charge in [-0.15, -0.1) is 24.8 Å². The zero-order valence-electron chi connectivity index (χ0n) is 13.2. The van der Waals surface area contributed by atoms with E-state index in [1.165, 1.54) is 13.2 Å². The van der Waals surface area contributed by atoms with Crippen LogP contribution in [0.4, 0.5) is 13.2 Å². The fourth-order valence-electron chi connectivity index (χ4n) is 2.66. The van der Waals surface area contributed by atoms with Gasteiger partial charge in [-0.2, -0.15) is 13.2 Å². The Morgan fingerprint density at radius 2 is 1.80 bits per heavy atom. The van der Waals surface area contributed by atoms with E-state index in [0.29, 0.717) is 36.2 Å². The third-order valence-corrected chi connectivity index (χ3v) is 5.93. The monoisotopic (exact) mass is 532 g/mol. The first-order chi connectivity index (χ1) is 10.7. The molecule has 1 aromatic carbocycles. The minimum Gasteiger partial charge on any atom is -0.503 e. The molecule has 146 valence electrons. The van der Waals surface area contributed by atoms with Crippen molar-refractivity contribution in [1.82, 2.24) is 10.2 Å². The van der Waals surface area contributed by atoms with Crippen molar-refractivity contribution < 1.29 is 23.0 Å². The minimum atomic E-state index is -4.30. The maximum Gasteiger partial charge on any atom is 0.390 e. The topological polar surface area (TPSA) is 44.7 Å². The van der Waals surface area contributed by atoms with Crippen LogP contribution in [0, 0.1) is 0 Å². The van der Waals surface area contributed by atoms with Crippen LogP contribution >= 0.6 is 56.7 Å². The van der Waals surface area contributed by atoms with Gasteiger partial charge in [-0.25, -0.2) is 0 Å². The Bertz CT molecular complexity index is 574. The Balaban J connectivity index is 0.00000288. The van der Waals surface area contributed by atoms with Crippen molar-refractivity contribution in [2.75, 3.05) is 33.3 Å². The Morgan fingerprint density at radius 1 is 1.24 bits per heavy atom. The van der Waals surface area contributed by atoms with Gasteiger partial charge in [0.15, 0.2) is 11.5 Å². The third-order valence-electron chi connectivity index (χ3n) is 3.77. The summed E-state index contributed by atoms with van der Waals surface area (Å²) in [5, 5.41) is 13.1. The Morgan fingerprint density at radius 3 is 2.28 bits per heavy atom. The second kappa shape index (κ2) is 10.4.